The third kappa shape index (κ3) is 5.65. The summed E-state index contributed by atoms with van der Waals surface area (Å²) >= 11 is 0. The molecule has 0 saturated carbocycles. The van der Waals surface area contributed by atoms with Crippen molar-refractivity contribution in [2.75, 3.05) is 17.1 Å². The molecule has 0 amide bonds. The van der Waals surface area contributed by atoms with Gasteiger partial charge in [-0.05, 0) is 53.4 Å². The molecule has 0 fully saturated rings. The van der Waals surface area contributed by atoms with Gasteiger partial charge in [-0.3, -0.25) is 8.51 Å². The summed E-state index contributed by atoms with van der Waals surface area (Å²) in [5, 5.41) is 0. The zero-order chi connectivity index (χ0) is 24.4. The Morgan fingerprint density at radius 1 is 0.879 bits per heavy atom. The summed E-state index contributed by atoms with van der Waals surface area (Å²) in [6.07, 6.45) is -3.12. The fourth-order valence-corrected chi connectivity index (χ4v) is 5.54. The molecule has 4 nitrogen and oxygen atoms in total. The molecule has 0 N–H and O–H groups in total. The molecule has 1 unspecified atom stereocenters. The molecular formula is C24H24F3NO3S2. The van der Waals surface area contributed by atoms with E-state index in [0.717, 1.165) is 21.5 Å². The quantitative estimate of drug-likeness (QED) is 0.406. The van der Waals surface area contributed by atoms with Crippen molar-refractivity contribution in [3.63, 3.8) is 0 Å². The SMILES string of the molecule is CC(C)CN(c1ccccc1C(F)(F)F)S(=O)(=O)c1ccc(-c2ccc(S(C)=O)cc2)cc1. The van der Waals surface area contributed by atoms with Gasteiger partial charge in [-0.2, -0.15) is 13.2 Å². The minimum absolute atomic E-state index is 0.102. The van der Waals surface area contributed by atoms with Crippen LogP contribution in [-0.4, -0.2) is 25.4 Å². The first-order valence-corrected chi connectivity index (χ1v) is 13.1. The molecule has 3 aromatic rings. The van der Waals surface area contributed by atoms with Crippen LogP contribution in [0.15, 0.2) is 82.6 Å². The maximum atomic E-state index is 13.6. The van der Waals surface area contributed by atoms with E-state index >= 15 is 0 Å². The number of benzene rings is 3. The van der Waals surface area contributed by atoms with Gasteiger partial charge in [-0.25, -0.2) is 8.42 Å². The van der Waals surface area contributed by atoms with E-state index in [0.29, 0.717) is 4.90 Å². The molecule has 0 aromatic heterocycles. The standard InChI is InChI=1S/C24H24F3NO3S2/c1-17(2)16-28(23-7-5-4-6-22(23)24(25,26)27)33(30,31)21-14-10-19(11-15-21)18-8-12-20(13-9-18)32(3)29/h4-15,17H,16H2,1-3H3. The van der Waals surface area contributed by atoms with Crippen molar-refractivity contribution in [2.45, 2.75) is 29.8 Å². The smallest absolute Gasteiger partial charge is 0.265 e. The highest BCUT2D eigenvalue weighted by Gasteiger charge is 2.37. The van der Waals surface area contributed by atoms with Gasteiger partial charge in [-0.15, -0.1) is 0 Å². The first-order chi connectivity index (χ1) is 15.4. The lowest BCUT2D eigenvalue weighted by Crippen LogP contribution is -2.35. The minimum atomic E-state index is -4.69. The number of hydrogen-bond acceptors (Lipinski definition) is 3. The highest BCUT2D eigenvalue weighted by molar-refractivity contribution is 7.92. The van der Waals surface area contributed by atoms with Crippen LogP contribution in [-0.2, 0) is 27.0 Å². The molecule has 33 heavy (non-hydrogen) atoms. The van der Waals surface area contributed by atoms with Crippen molar-refractivity contribution in [1.29, 1.82) is 0 Å². The lowest BCUT2D eigenvalue weighted by atomic mass is 10.1. The molecule has 3 rings (SSSR count). The van der Waals surface area contributed by atoms with E-state index in [1.54, 1.807) is 56.5 Å². The Labute approximate surface area is 194 Å². The van der Waals surface area contributed by atoms with Gasteiger partial charge in [0, 0.05) is 28.5 Å². The van der Waals surface area contributed by atoms with E-state index in [1.165, 1.54) is 30.3 Å². The molecule has 0 aliphatic carbocycles. The molecule has 0 saturated heterocycles. The van der Waals surface area contributed by atoms with Crippen molar-refractivity contribution in [2.24, 2.45) is 5.92 Å². The fraction of sp³-hybridized carbons (Fsp3) is 0.250. The van der Waals surface area contributed by atoms with Gasteiger partial charge in [0.2, 0.25) is 0 Å². The summed E-state index contributed by atoms with van der Waals surface area (Å²) in [5.74, 6) is -0.206. The van der Waals surface area contributed by atoms with E-state index in [2.05, 4.69) is 0 Å². The van der Waals surface area contributed by atoms with Crippen molar-refractivity contribution in [3.05, 3.63) is 78.4 Å². The Balaban J connectivity index is 2.02. The molecule has 0 aliphatic rings. The number of halogens is 3. The highest BCUT2D eigenvalue weighted by Crippen LogP contribution is 2.38. The summed E-state index contributed by atoms with van der Waals surface area (Å²) in [6, 6.07) is 17.7. The predicted octanol–water partition coefficient (Wildman–Crippen LogP) is 5.96. The zero-order valence-corrected chi connectivity index (χ0v) is 20.0. The van der Waals surface area contributed by atoms with Crippen LogP contribution < -0.4 is 4.31 Å². The van der Waals surface area contributed by atoms with Crippen molar-refractivity contribution in [1.82, 2.24) is 0 Å². The van der Waals surface area contributed by atoms with Crippen LogP contribution in [0.3, 0.4) is 0 Å². The second-order valence-corrected chi connectivity index (χ2v) is 11.2. The molecule has 3 aromatic carbocycles. The van der Waals surface area contributed by atoms with Gasteiger partial charge in [0.25, 0.3) is 10.0 Å². The number of alkyl halides is 3. The van der Waals surface area contributed by atoms with Crippen molar-refractivity contribution >= 4 is 26.5 Å². The molecule has 0 heterocycles. The van der Waals surface area contributed by atoms with Crippen molar-refractivity contribution < 1.29 is 25.8 Å². The number of rotatable bonds is 7. The van der Waals surface area contributed by atoms with Crippen LogP contribution in [0.25, 0.3) is 11.1 Å². The summed E-state index contributed by atoms with van der Waals surface area (Å²) in [6.45, 7) is 3.39. The number of nitrogens with zero attached hydrogens (tertiary/aromatic N) is 1. The molecule has 0 aliphatic heterocycles. The monoisotopic (exact) mass is 495 g/mol. The second kappa shape index (κ2) is 9.69. The third-order valence-electron chi connectivity index (χ3n) is 4.97. The van der Waals surface area contributed by atoms with Gasteiger partial charge in [0.15, 0.2) is 0 Å². The van der Waals surface area contributed by atoms with Crippen LogP contribution >= 0.6 is 0 Å². The fourth-order valence-electron chi connectivity index (χ4n) is 3.37. The molecular weight excluding hydrogens is 471 g/mol. The van der Waals surface area contributed by atoms with Crippen molar-refractivity contribution in [3.8, 4) is 11.1 Å². The highest BCUT2D eigenvalue weighted by atomic mass is 32.2. The average molecular weight is 496 g/mol. The van der Waals surface area contributed by atoms with Gasteiger partial charge < -0.3 is 0 Å². The summed E-state index contributed by atoms with van der Waals surface area (Å²) in [7, 11) is -5.37. The van der Waals surface area contributed by atoms with Crippen LogP contribution in [0.2, 0.25) is 0 Å². The van der Waals surface area contributed by atoms with Crippen LogP contribution in [0.4, 0.5) is 18.9 Å². The molecule has 0 radical (unpaired) electrons. The number of anilines is 1. The number of para-hydroxylation sites is 1. The number of hydrogen-bond donors (Lipinski definition) is 0. The summed E-state index contributed by atoms with van der Waals surface area (Å²) < 4.78 is 80.1. The van der Waals surface area contributed by atoms with Gasteiger partial charge in [-0.1, -0.05) is 50.2 Å². The van der Waals surface area contributed by atoms with E-state index in [-0.39, 0.29) is 17.4 Å². The predicted molar refractivity (Wildman–Crippen MR) is 125 cm³/mol. The molecule has 9 heteroatoms. The van der Waals surface area contributed by atoms with Gasteiger partial charge in [0.1, 0.15) is 0 Å². The third-order valence-corrected chi connectivity index (χ3v) is 7.70. The number of sulfonamides is 1. The topological polar surface area (TPSA) is 54.5 Å². The van der Waals surface area contributed by atoms with E-state index in [1.807, 2.05) is 0 Å². The summed E-state index contributed by atoms with van der Waals surface area (Å²) in [4.78, 5) is 0.570. The first-order valence-electron chi connectivity index (χ1n) is 10.1. The van der Waals surface area contributed by atoms with E-state index in [4.69, 9.17) is 0 Å². The minimum Gasteiger partial charge on any atom is -0.265 e. The largest absolute Gasteiger partial charge is 0.418 e. The molecule has 1 atom stereocenters. The zero-order valence-electron chi connectivity index (χ0n) is 18.3. The maximum Gasteiger partial charge on any atom is 0.418 e. The maximum absolute atomic E-state index is 13.6. The normalized spacial score (nSPS) is 13.2. The van der Waals surface area contributed by atoms with E-state index in [9.17, 15) is 25.8 Å². The van der Waals surface area contributed by atoms with Crippen LogP contribution in [0, 0.1) is 5.92 Å². The Hall–Kier alpha value is -2.65. The van der Waals surface area contributed by atoms with Gasteiger partial charge in [0.05, 0.1) is 16.1 Å². The van der Waals surface area contributed by atoms with Gasteiger partial charge >= 0.3 is 6.18 Å². The van der Waals surface area contributed by atoms with Crippen LogP contribution in [0.1, 0.15) is 19.4 Å². The van der Waals surface area contributed by atoms with E-state index < -0.39 is 38.2 Å². The Morgan fingerprint density at radius 2 is 1.39 bits per heavy atom. The average Bonchev–Trinajstić information content (AvgIpc) is 2.77. The Kier molecular flexibility index (Phi) is 7.33. The lowest BCUT2D eigenvalue weighted by Gasteiger charge is -2.28. The van der Waals surface area contributed by atoms with Crippen LogP contribution in [0.5, 0.6) is 0 Å². The molecule has 0 spiro atoms. The molecule has 176 valence electrons. The Bertz CT molecular complexity index is 1240. The summed E-state index contributed by atoms with van der Waals surface area (Å²) in [5.41, 5.74) is 0.133. The molecule has 0 bridgehead atoms. The second-order valence-electron chi connectivity index (χ2n) is 7.95. The Morgan fingerprint density at radius 3 is 1.88 bits per heavy atom. The lowest BCUT2D eigenvalue weighted by molar-refractivity contribution is -0.137. The first kappa shape index (κ1) is 25.0.